The van der Waals surface area contributed by atoms with E-state index in [0.717, 1.165) is 28.4 Å². The Labute approximate surface area is 596 Å². The van der Waals surface area contributed by atoms with Crippen molar-refractivity contribution in [3.63, 3.8) is 0 Å². The summed E-state index contributed by atoms with van der Waals surface area (Å²) in [5, 5.41) is 7.59. The first kappa shape index (κ1) is 65.6. The summed E-state index contributed by atoms with van der Waals surface area (Å²) in [6.45, 7) is 50.1. The average Bonchev–Trinajstić information content (AvgIpc) is 0.789. The second kappa shape index (κ2) is 22.0. The predicted octanol–water partition coefficient (Wildman–Crippen LogP) is 24.6. The van der Waals surface area contributed by atoms with Gasteiger partial charge >= 0.3 is 600 Å². The Balaban J connectivity index is 1.10. The van der Waals surface area contributed by atoms with Gasteiger partial charge in [-0.2, -0.15) is 0 Å². The summed E-state index contributed by atoms with van der Waals surface area (Å²) in [6.07, 6.45) is 0. The predicted molar refractivity (Wildman–Crippen MR) is 435 cm³/mol. The van der Waals surface area contributed by atoms with Gasteiger partial charge < -0.3 is 0 Å². The molecule has 0 unspecified atom stereocenters. The fourth-order valence-electron chi connectivity index (χ4n) is 17.0. The van der Waals surface area contributed by atoms with Crippen molar-refractivity contribution in [2.24, 2.45) is 0 Å². The third-order valence-corrected chi connectivity index (χ3v) is 35.2. The first-order chi connectivity index (χ1) is 47.0. The van der Waals surface area contributed by atoms with Crippen molar-refractivity contribution in [2.75, 3.05) is 9.80 Å². The summed E-state index contributed by atoms with van der Waals surface area (Å²) >= 11 is -4.31. The number of rotatable bonds is 5. The van der Waals surface area contributed by atoms with Gasteiger partial charge in [-0.05, 0) is 0 Å². The molecule has 0 fully saturated rings. The Morgan fingerprint density at radius 2 is 0.460 bits per heavy atom. The third kappa shape index (κ3) is 10.0. The zero-order valence-electron chi connectivity index (χ0n) is 63.0. The van der Waals surface area contributed by atoms with Crippen molar-refractivity contribution < 1.29 is 0 Å². The van der Waals surface area contributed by atoms with Gasteiger partial charge in [-0.15, -0.1) is 0 Å². The average molecular weight is 1370 g/mol. The number of aromatic nitrogens is 3. The van der Waals surface area contributed by atoms with Gasteiger partial charge in [0.2, 0.25) is 0 Å². The molecule has 6 heteroatoms. The standard InChI is InChI=1S/C94H99GeN5/c1-88(2,3)58-32-40-69-70-41-33-59(89(4,5)6)49-78(70)98(77(69)48-58)66-38-46-75-83(54-66)96(64-28-24-22-25-29-64)85-56-68(100-81-52-62(92(13,14)15)36-44-73(81)74-45-37-63(53-82(74)100)93(16,17)18)57-86-87(85)95(75,94(19,20)21)76-47-39-67(55-84(76)97(86)65-30-26-23-27-31-65)99-79-50-60(90(7,8)9)34-42-71(79)72-43-35-61(51-80(72)99)91(10,11)12/h22-57H,1-21H3. The van der Waals surface area contributed by atoms with Crippen LogP contribution >= 0.6 is 0 Å². The number of para-hydroxylation sites is 2. The van der Waals surface area contributed by atoms with Gasteiger partial charge in [-0.3, -0.25) is 0 Å². The number of nitrogens with zero attached hydrogens (tertiary/aromatic N) is 5. The van der Waals surface area contributed by atoms with E-state index in [9.17, 15) is 0 Å². The maximum atomic E-state index is 2.70. The molecule has 0 atom stereocenters. The third-order valence-electron chi connectivity index (χ3n) is 22.6. The molecule has 2 aliphatic rings. The van der Waals surface area contributed by atoms with E-state index >= 15 is 0 Å². The van der Waals surface area contributed by atoms with Crippen LogP contribution < -0.4 is 23.0 Å². The van der Waals surface area contributed by atoms with Crippen molar-refractivity contribution in [3.05, 3.63) is 252 Å². The van der Waals surface area contributed by atoms with Gasteiger partial charge in [-0.25, -0.2) is 0 Å². The summed E-state index contributed by atoms with van der Waals surface area (Å²) < 4.78 is 12.0. The van der Waals surface area contributed by atoms with E-state index < -0.39 is 13.3 Å². The minimum absolute atomic E-state index is 0.0646. The van der Waals surface area contributed by atoms with Gasteiger partial charge in [0, 0.05) is 0 Å². The van der Waals surface area contributed by atoms with Crippen molar-refractivity contribution in [3.8, 4) is 17.1 Å². The fraction of sp³-hybridized carbons (Fsp3) is 0.298. The molecule has 11 aromatic carbocycles. The van der Waals surface area contributed by atoms with Gasteiger partial charge in [0.25, 0.3) is 0 Å². The zero-order valence-corrected chi connectivity index (χ0v) is 65.1. The summed E-state index contributed by atoms with van der Waals surface area (Å²) in [5.74, 6) is 0. The van der Waals surface area contributed by atoms with Crippen molar-refractivity contribution in [2.45, 2.75) is 182 Å². The van der Waals surface area contributed by atoms with Crippen LogP contribution in [0.1, 0.15) is 179 Å². The molecule has 504 valence electrons. The molecule has 0 aliphatic carbocycles. The molecule has 0 N–H and O–H groups in total. The van der Waals surface area contributed by atoms with E-state index in [0.29, 0.717) is 0 Å². The number of anilines is 6. The van der Waals surface area contributed by atoms with E-state index in [1.54, 1.807) is 0 Å². The normalized spacial score (nSPS) is 14.5. The zero-order chi connectivity index (χ0) is 70.7. The Hall–Kier alpha value is -9.04. The monoisotopic (exact) mass is 1370 g/mol. The van der Waals surface area contributed by atoms with E-state index in [2.05, 4.69) is 387 Å². The molecule has 0 saturated carbocycles. The summed E-state index contributed by atoms with van der Waals surface area (Å²) in [6, 6.07) is 87.1. The van der Waals surface area contributed by atoms with E-state index in [-0.39, 0.29) is 36.7 Å². The number of benzene rings is 11. The second-order valence-corrected chi connectivity index (χ2v) is 46.1. The maximum absolute atomic E-state index is 4.31. The SMILES string of the molecule is CC(C)(C)c1ccc2c3ccc(C(C)(C)C)cc3n(-c3cc[c]4c(c3)N(c3ccccc3)c3cc(-n5c6cc(C(C)(C)C)ccc6c6ccc(C(C)(C)C)cc65)cc5[c]3[Ge]4([C](C)(C)C)[c]3ccc(-n4c6cc(C(C)(C)C)ccc6c6ccc(C(C)(C)C)cc64)cc3N5c3ccccc3)c2c1. The summed E-state index contributed by atoms with van der Waals surface area (Å²) in [7, 11) is 0. The van der Waals surface area contributed by atoms with Crippen molar-refractivity contribution in [1.29, 1.82) is 0 Å². The quantitative estimate of drug-likeness (QED) is 0.160. The summed E-state index contributed by atoms with van der Waals surface area (Å²) in [5.41, 5.74) is 25.5. The van der Waals surface area contributed by atoms with Gasteiger partial charge in [0.15, 0.2) is 0 Å². The van der Waals surface area contributed by atoms with E-state index in [1.165, 1.54) is 135 Å². The van der Waals surface area contributed by atoms with Crippen LogP contribution in [0.5, 0.6) is 0 Å². The molecule has 100 heavy (non-hydrogen) atoms. The van der Waals surface area contributed by atoms with Crippen LogP contribution in [0.4, 0.5) is 34.1 Å². The van der Waals surface area contributed by atoms with Gasteiger partial charge in [-0.1, -0.05) is 0 Å². The number of hydrogen-bond donors (Lipinski definition) is 0. The molecule has 2 aliphatic heterocycles. The molecule has 14 aromatic rings. The molecule has 0 bridgehead atoms. The molecule has 5 heterocycles. The summed E-state index contributed by atoms with van der Waals surface area (Å²) in [4.78, 5) is 5.39. The molecular weight excluding hydrogens is 1270 g/mol. The van der Waals surface area contributed by atoms with Crippen LogP contribution in [-0.4, -0.2) is 27.0 Å². The van der Waals surface area contributed by atoms with Crippen LogP contribution in [0.25, 0.3) is 82.5 Å². The topological polar surface area (TPSA) is 21.3 Å². The van der Waals surface area contributed by atoms with Gasteiger partial charge in [0.05, 0.1) is 0 Å². The van der Waals surface area contributed by atoms with Crippen LogP contribution in [-0.2, 0) is 32.5 Å². The van der Waals surface area contributed by atoms with Crippen LogP contribution in [0, 0.1) is 0 Å². The van der Waals surface area contributed by atoms with Crippen LogP contribution in [0.2, 0.25) is 4.25 Å². The first-order valence-electron chi connectivity index (χ1n) is 36.5. The van der Waals surface area contributed by atoms with Crippen LogP contribution in [0.3, 0.4) is 0 Å². The Bertz CT molecular complexity index is 5220. The molecule has 0 amide bonds. The molecule has 3 aromatic heterocycles. The fourth-order valence-corrected chi connectivity index (χ4v) is 29.9. The molecule has 0 spiro atoms. The number of fused-ring (bicyclic) bond motifs is 13. The Morgan fingerprint density at radius 3 is 0.700 bits per heavy atom. The van der Waals surface area contributed by atoms with Crippen molar-refractivity contribution >= 4 is 126 Å². The molecule has 0 radical (unpaired) electrons. The second-order valence-electron chi connectivity index (χ2n) is 36.5. The molecule has 5 nitrogen and oxygen atoms in total. The number of hydrogen-bond acceptors (Lipinski definition) is 2. The van der Waals surface area contributed by atoms with Crippen molar-refractivity contribution in [1.82, 2.24) is 13.7 Å². The molecule has 0 saturated heterocycles. The van der Waals surface area contributed by atoms with Crippen LogP contribution in [0.15, 0.2) is 218 Å². The molecular formula is C94H99GeN5. The first-order valence-corrected chi connectivity index (χ1v) is 40.7. The molecule has 16 rings (SSSR count). The van der Waals surface area contributed by atoms with E-state index in [1.807, 2.05) is 0 Å². The van der Waals surface area contributed by atoms with E-state index in [4.69, 9.17) is 0 Å². The minimum atomic E-state index is -4.31. The Morgan fingerprint density at radius 1 is 0.220 bits per heavy atom. The van der Waals surface area contributed by atoms with Gasteiger partial charge in [0.1, 0.15) is 0 Å². The Kier molecular flexibility index (Phi) is 14.4.